The van der Waals surface area contributed by atoms with Gasteiger partial charge in [-0.05, 0) is 24.5 Å². The molecule has 0 N–H and O–H groups in total. The molecule has 1 aromatic heterocycles. The minimum atomic E-state index is 1.20. The van der Waals surface area contributed by atoms with E-state index in [0.29, 0.717) is 0 Å². The smallest absolute Gasteiger partial charge is 0.0484 e. The third-order valence-electron chi connectivity index (χ3n) is 3.27. The predicted molar refractivity (Wildman–Crippen MR) is 77.5 cm³/mol. The van der Waals surface area contributed by atoms with Gasteiger partial charge < -0.3 is 0 Å². The summed E-state index contributed by atoms with van der Waals surface area (Å²) < 4.78 is 0. The number of aryl methyl sites for hydroxylation is 1. The van der Waals surface area contributed by atoms with Crippen LogP contribution in [0.4, 0.5) is 0 Å². The molecule has 0 nitrogen and oxygen atoms in total. The Morgan fingerprint density at radius 2 is 1.47 bits per heavy atom. The predicted octanol–water partition coefficient (Wildman–Crippen LogP) is 5.81. The van der Waals surface area contributed by atoms with E-state index >= 15 is 0 Å². The van der Waals surface area contributed by atoms with Crippen LogP contribution in [0.1, 0.15) is 76.7 Å². The molecule has 0 fully saturated rings. The molecule has 17 heavy (non-hydrogen) atoms. The quantitative estimate of drug-likeness (QED) is 0.435. The lowest BCUT2D eigenvalue weighted by Gasteiger charge is -2.01. The first-order valence-corrected chi connectivity index (χ1v) is 8.11. The van der Waals surface area contributed by atoms with E-state index < -0.39 is 0 Å². The molecular weight excluding hydrogens is 224 g/mol. The van der Waals surface area contributed by atoms with Crippen LogP contribution >= 0.6 is 11.3 Å². The van der Waals surface area contributed by atoms with E-state index in [1.54, 1.807) is 11.3 Å². The van der Waals surface area contributed by atoms with Crippen LogP contribution in [0, 0.1) is 10.8 Å². The summed E-state index contributed by atoms with van der Waals surface area (Å²) in [7, 11) is 0. The lowest BCUT2D eigenvalue weighted by Crippen LogP contribution is -1.84. The number of hydrogen-bond donors (Lipinski definition) is 0. The van der Waals surface area contributed by atoms with Crippen LogP contribution in [0.15, 0.2) is 6.07 Å². The van der Waals surface area contributed by atoms with E-state index in [1.165, 1.54) is 76.2 Å². The molecule has 0 aliphatic rings. The second-order valence-corrected chi connectivity index (χ2v) is 5.57. The first kappa shape index (κ1) is 14.8. The molecule has 1 rings (SSSR count). The minimum Gasteiger partial charge on any atom is -0.133 e. The molecule has 0 atom stereocenters. The van der Waals surface area contributed by atoms with Crippen LogP contribution in [0.2, 0.25) is 0 Å². The summed E-state index contributed by atoms with van der Waals surface area (Å²) in [5.74, 6) is 0. The fraction of sp³-hybridized carbons (Fsp3) is 0.750. The average molecular weight is 250 g/mol. The molecule has 0 aliphatic heterocycles. The highest BCUT2D eigenvalue weighted by atomic mass is 32.1. The standard InChI is InChI=1S/C16H26S/c1-2-3-4-5-6-7-8-9-10-11-12-16-13-14-17-15-16/h13H,2-12H2,1H3. The zero-order valence-corrected chi connectivity index (χ0v) is 12.1. The molecule has 0 saturated heterocycles. The number of hydrogen-bond acceptors (Lipinski definition) is 1. The highest BCUT2D eigenvalue weighted by Gasteiger charge is 1.95. The topological polar surface area (TPSA) is 0 Å². The van der Waals surface area contributed by atoms with Crippen molar-refractivity contribution in [2.45, 2.75) is 77.6 Å². The molecule has 1 heteroatoms. The van der Waals surface area contributed by atoms with Crippen molar-refractivity contribution < 1.29 is 0 Å². The zero-order chi connectivity index (χ0) is 12.2. The van der Waals surface area contributed by atoms with E-state index in [-0.39, 0.29) is 0 Å². The molecule has 0 spiro atoms. The van der Waals surface area contributed by atoms with Gasteiger partial charge in [0, 0.05) is 10.8 Å². The Labute approximate surface area is 111 Å². The Morgan fingerprint density at radius 1 is 0.882 bits per heavy atom. The molecule has 0 aromatic carbocycles. The van der Waals surface area contributed by atoms with Crippen molar-refractivity contribution in [2.75, 3.05) is 0 Å². The van der Waals surface area contributed by atoms with Gasteiger partial charge in [0.15, 0.2) is 0 Å². The summed E-state index contributed by atoms with van der Waals surface area (Å²) in [6.07, 6.45) is 15.4. The summed E-state index contributed by atoms with van der Waals surface area (Å²) in [6.45, 7) is 2.28. The maximum atomic E-state index is 3.25. The molecule has 0 saturated carbocycles. The van der Waals surface area contributed by atoms with Gasteiger partial charge >= 0.3 is 0 Å². The number of rotatable bonds is 11. The molecule has 0 aliphatic carbocycles. The Kier molecular flexibility index (Phi) is 9.40. The van der Waals surface area contributed by atoms with Gasteiger partial charge in [-0.1, -0.05) is 64.7 Å². The highest BCUT2D eigenvalue weighted by molar-refractivity contribution is 7.06. The van der Waals surface area contributed by atoms with Crippen LogP contribution in [-0.4, -0.2) is 0 Å². The summed E-state index contributed by atoms with van der Waals surface area (Å²) in [5.41, 5.74) is 1.36. The van der Waals surface area contributed by atoms with Crippen molar-refractivity contribution >= 4 is 11.3 Å². The fourth-order valence-corrected chi connectivity index (χ4v) is 2.70. The van der Waals surface area contributed by atoms with Gasteiger partial charge in [0.1, 0.15) is 0 Å². The number of unbranched alkanes of at least 4 members (excludes halogenated alkanes) is 9. The van der Waals surface area contributed by atoms with Crippen LogP contribution in [0.5, 0.6) is 0 Å². The maximum absolute atomic E-state index is 3.25. The lowest BCUT2D eigenvalue weighted by atomic mass is 10.0. The fourth-order valence-electron chi connectivity index (χ4n) is 2.15. The van der Waals surface area contributed by atoms with Crippen molar-refractivity contribution in [1.82, 2.24) is 0 Å². The van der Waals surface area contributed by atoms with E-state index in [2.05, 4.69) is 23.8 Å². The molecule has 96 valence electrons. The summed E-state index contributed by atoms with van der Waals surface area (Å²) >= 11 is 1.57. The molecule has 1 heterocycles. The van der Waals surface area contributed by atoms with Crippen LogP contribution in [-0.2, 0) is 6.42 Å². The van der Waals surface area contributed by atoms with Gasteiger partial charge in [-0.25, -0.2) is 0 Å². The minimum absolute atomic E-state index is 1.20. The normalized spacial score (nSPS) is 10.9. The zero-order valence-electron chi connectivity index (χ0n) is 11.3. The Balaban J connectivity index is 1.76. The van der Waals surface area contributed by atoms with Gasteiger partial charge in [-0.15, -0.1) is 11.3 Å². The highest BCUT2D eigenvalue weighted by Crippen LogP contribution is 2.13. The maximum Gasteiger partial charge on any atom is 0.0484 e. The van der Waals surface area contributed by atoms with Crippen LogP contribution < -0.4 is 0 Å². The van der Waals surface area contributed by atoms with Crippen LogP contribution in [0.25, 0.3) is 0 Å². The van der Waals surface area contributed by atoms with Gasteiger partial charge in [0.2, 0.25) is 0 Å². The molecule has 0 unspecified atom stereocenters. The molecule has 1 aromatic rings. The monoisotopic (exact) mass is 250 g/mol. The van der Waals surface area contributed by atoms with E-state index in [4.69, 9.17) is 0 Å². The SMILES string of the molecule is CCCCCCCCCCCCc1[c]s[c]c1. The molecule has 0 amide bonds. The van der Waals surface area contributed by atoms with Crippen LogP contribution in [0.3, 0.4) is 0 Å². The van der Waals surface area contributed by atoms with Crippen molar-refractivity contribution in [3.05, 3.63) is 22.4 Å². The lowest BCUT2D eigenvalue weighted by molar-refractivity contribution is 0.556. The first-order valence-electron chi connectivity index (χ1n) is 7.30. The average Bonchev–Trinajstić information content (AvgIpc) is 2.85. The third kappa shape index (κ3) is 8.43. The number of thiophene rings is 1. The van der Waals surface area contributed by atoms with Crippen molar-refractivity contribution in [3.63, 3.8) is 0 Å². The van der Waals surface area contributed by atoms with Gasteiger partial charge in [0.25, 0.3) is 0 Å². The van der Waals surface area contributed by atoms with E-state index in [9.17, 15) is 0 Å². The second kappa shape index (κ2) is 10.8. The second-order valence-electron chi connectivity index (χ2n) is 4.92. The van der Waals surface area contributed by atoms with Crippen molar-refractivity contribution in [1.29, 1.82) is 0 Å². The largest absolute Gasteiger partial charge is 0.133 e. The van der Waals surface area contributed by atoms with E-state index in [0.717, 1.165) is 0 Å². The van der Waals surface area contributed by atoms with Gasteiger partial charge in [-0.3, -0.25) is 0 Å². The Bertz CT molecular complexity index is 238. The molecular formula is C16H26S. The third-order valence-corrected chi connectivity index (χ3v) is 3.87. The van der Waals surface area contributed by atoms with E-state index in [1.807, 2.05) is 0 Å². The summed E-state index contributed by atoms with van der Waals surface area (Å²) in [5, 5.41) is 6.36. The summed E-state index contributed by atoms with van der Waals surface area (Å²) in [6, 6.07) is 2.08. The van der Waals surface area contributed by atoms with Crippen molar-refractivity contribution in [2.24, 2.45) is 0 Å². The first-order chi connectivity index (χ1) is 8.43. The molecule has 0 bridgehead atoms. The summed E-state index contributed by atoms with van der Waals surface area (Å²) in [4.78, 5) is 0. The Morgan fingerprint density at radius 3 is 2.00 bits per heavy atom. The van der Waals surface area contributed by atoms with Crippen molar-refractivity contribution in [3.8, 4) is 0 Å². The molecule has 2 radical (unpaired) electrons. The van der Waals surface area contributed by atoms with Gasteiger partial charge in [-0.2, -0.15) is 0 Å². The van der Waals surface area contributed by atoms with Gasteiger partial charge in [0.05, 0.1) is 0 Å². The Hall–Kier alpha value is -0.300.